The maximum atomic E-state index is 12.5. The first-order valence-corrected chi connectivity index (χ1v) is 8.06. The van der Waals surface area contributed by atoms with Crippen LogP contribution in [0.5, 0.6) is 5.75 Å². The van der Waals surface area contributed by atoms with Crippen molar-refractivity contribution in [1.29, 1.82) is 0 Å². The fraction of sp³-hybridized carbons (Fsp3) is 0.444. The Morgan fingerprint density at radius 3 is 2.70 bits per heavy atom. The third-order valence-corrected chi connectivity index (χ3v) is 4.61. The van der Waals surface area contributed by atoms with Gasteiger partial charge in [-0.3, -0.25) is 4.79 Å². The standard InChI is InChI=1S/C18H23N3O2/c1-20-12-9-19-18(20)14-7-10-21(11-8-14)17(22)13-15-5-3-4-6-16(15)23-2/h3-6,9,12,14H,7-8,10-11,13H2,1-2H3. The molecule has 0 bridgehead atoms. The molecule has 0 unspecified atom stereocenters. The van der Waals surface area contributed by atoms with Gasteiger partial charge >= 0.3 is 0 Å². The monoisotopic (exact) mass is 313 g/mol. The Labute approximate surface area is 136 Å². The molecule has 5 nitrogen and oxygen atoms in total. The third kappa shape index (κ3) is 3.38. The Balaban J connectivity index is 1.59. The van der Waals surface area contributed by atoms with E-state index in [1.165, 1.54) is 0 Å². The lowest BCUT2D eigenvalue weighted by molar-refractivity contribution is -0.131. The van der Waals surface area contributed by atoms with Crippen LogP contribution in [0.4, 0.5) is 0 Å². The maximum Gasteiger partial charge on any atom is 0.227 e. The molecule has 0 aliphatic carbocycles. The molecule has 1 amide bonds. The summed E-state index contributed by atoms with van der Waals surface area (Å²) in [5.74, 6) is 2.53. The molecule has 2 aromatic rings. The van der Waals surface area contributed by atoms with Gasteiger partial charge in [-0.1, -0.05) is 18.2 Å². The molecule has 1 aromatic heterocycles. The molecule has 0 saturated carbocycles. The van der Waals surface area contributed by atoms with Gasteiger partial charge in [-0.15, -0.1) is 0 Å². The number of nitrogens with zero attached hydrogens (tertiary/aromatic N) is 3. The topological polar surface area (TPSA) is 47.4 Å². The Morgan fingerprint density at radius 1 is 1.30 bits per heavy atom. The number of aromatic nitrogens is 2. The molecule has 0 radical (unpaired) electrons. The van der Waals surface area contributed by atoms with Gasteiger partial charge in [0, 0.05) is 44.0 Å². The number of amides is 1. The number of benzene rings is 1. The van der Waals surface area contributed by atoms with Crippen molar-refractivity contribution in [1.82, 2.24) is 14.5 Å². The molecular weight excluding hydrogens is 290 g/mol. The molecule has 23 heavy (non-hydrogen) atoms. The maximum absolute atomic E-state index is 12.5. The van der Waals surface area contributed by atoms with E-state index in [1.54, 1.807) is 7.11 Å². The molecule has 3 rings (SSSR count). The normalized spacial score (nSPS) is 15.7. The van der Waals surface area contributed by atoms with Gasteiger partial charge in [-0.25, -0.2) is 4.98 Å². The number of carbonyl (C=O) groups excluding carboxylic acids is 1. The highest BCUT2D eigenvalue weighted by molar-refractivity contribution is 5.79. The van der Waals surface area contributed by atoms with Crippen LogP contribution in [0.25, 0.3) is 0 Å². The summed E-state index contributed by atoms with van der Waals surface area (Å²) in [5, 5.41) is 0. The molecule has 1 aliphatic heterocycles. The van der Waals surface area contributed by atoms with Crippen LogP contribution in [-0.4, -0.2) is 40.6 Å². The molecule has 5 heteroatoms. The summed E-state index contributed by atoms with van der Waals surface area (Å²) in [5.41, 5.74) is 0.950. The van der Waals surface area contributed by atoms with E-state index in [0.717, 1.165) is 43.1 Å². The number of rotatable bonds is 4. The van der Waals surface area contributed by atoms with E-state index in [4.69, 9.17) is 4.74 Å². The number of methoxy groups -OCH3 is 1. The van der Waals surface area contributed by atoms with Crippen molar-refractivity contribution >= 4 is 5.91 Å². The van der Waals surface area contributed by atoms with Gasteiger partial charge in [0.25, 0.3) is 0 Å². The number of aryl methyl sites for hydroxylation is 1. The fourth-order valence-electron chi connectivity index (χ4n) is 3.28. The van der Waals surface area contributed by atoms with E-state index in [-0.39, 0.29) is 5.91 Å². The smallest absolute Gasteiger partial charge is 0.227 e. The van der Waals surface area contributed by atoms with E-state index in [2.05, 4.69) is 9.55 Å². The fourth-order valence-corrected chi connectivity index (χ4v) is 3.28. The number of para-hydroxylation sites is 1. The quantitative estimate of drug-likeness (QED) is 0.870. The number of carbonyl (C=O) groups is 1. The predicted octanol–water partition coefficient (Wildman–Crippen LogP) is 2.38. The Bertz CT molecular complexity index is 672. The van der Waals surface area contributed by atoms with Gasteiger partial charge in [0.2, 0.25) is 5.91 Å². The number of ether oxygens (including phenoxy) is 1. The van der Waals surface area contributed by atoms with Crippen molar-refractivity contribution in [3.05, 3.63) is 48.0 Å². The van der Waals surface area contributed by atoms with Crippen LogP contribution in [0.2, 0.25) is 0 Å². The zero-order chi connectivity index (χ0) is 16.2. The van der Waals surface area contributed by atoms with Gasteiger partial charge in [-0.2, -0.15) is 0 Å². The van der Waals surface area contributed by atoms with Crippen molar-refractivity contribution in [2.75, 3.05) is 20.2 Å². The van der Waals surface area contributed by atoms with Crippen LogP contribution >= 0.6 is 0 Å². The van der Waals surface area contributed by atoms with E-state index >= 15 is 0 Å². The van der Waals surface area contributed by atoms with Crippen LogP contribution in [0, 0.1) is 0 Å². The summed E-state index contributed by atoms with van der Waals surface area (Å²) in [4.78, 5) is 19.0. The molecule has 1 fully saturated rings. The van der Waals surface area contributed by atoms with Crippen LogP contribution < -0.4 is 4.74 Å². The van der Waals surface area contributed by atoms with Crippen molar-refractivity contribution < 1.29 is 9.53 Å². The molecule has 1 aliphatic rings. The van der Waals surface area contributed by atoms with Gasteiger partial charge in [0.05, 0.1) is 13.5 Å². The first-order chi connectivity index (χ1) is 11.2. The van der Waals surface area contributed by atoms with Crippen molar-refractivity contribution in [2.24, 2.45) is 7.05 Å². The molecule has 1 saturated heterocycles. The van der Waals surface area contributed by atoms with Crippen molar-refractivity contribution in [3.63, 3.8) is 0 Å². The second-order valence-corrected chi connectivity index (χ2v) is 6.04. The lowest BCUT2D eigenvalue weighted by Crippen LogP contribution is -2.39. The first kappa shape index (κ1) is 15.6. The summed E-state index contributed by atoms with van der Waals surface area (Å²) in [6.07, 6.45) is 6.17. The van der Waals surface area contributed by atoms with Crippen LogP contribution in [0.3, 0.4) is 0 Å². The van der Waals surface area contributed by atoms with Gasteiger partial charge < -0.3 is 14.2 Å². The van der Waals surface area contributed by atoms with E-state index in [9.17, 15) is 4.79 Å². The highest BCUT2D eigenvalue weighted by Gasteiger charge is 2.26. The molecule has 122 valence electrons. The molecule has 0 spiro atoms. The Hall–Kier alpha value is -2.30. The average Bonchev–Trinajstić information content (AvgIpc) is 3.01. The number of piperidine rings is 1. The Morgan fingerprint density at radius 2 is 2.04 bits per heavy atom. The van der Waals surface area contributed by atoms with Crippen molar-refractivity contribution in [2.45, 2.75) is 25.2 Å². The summed E-state index contributed by atoms with van der Waals surface area (Å²) >= 11 is 0. The minimum Gasteiger partial charge on any atom is -0.496 e. The molecular formula is C18H23N3O2. The summed E-state index contributed by atoms with van der Waals surface area (Å²) in [7, 11) is 3.67. The van der Waals surface area contributed by atoms with E-state index in [1.807, 2.05) is 48.6 Å². The average molecular weight is 313 g/mol. The van der Waals surface area contributed by atoms with Crippen molar-refractivity contribution in [3.8, 4) is 5.75 Å². The SMILES string of the molecule is COc1ccccc1CC(=O)N1CCC(c2nccn2C)CC1. The lowest BCUT2D eigenvalue weighted by Gasteiger charge is -2.32. The molecule has 1 aromatic carbocycles. The summed E-state index contributed by atoms with van der Waals surface area (Å²) < 4.78 is 7.41. The highest BCUT2D eigenvalue weighted by Crippen LogP contribution is 2.27. The second kappa shape index (κ2) is 6.86. The van der Waals surface area contributed by atoms with Gasteiger partial charge in [0.1, 0.15) is 11.6 Å². The number of hydrogen-bond acceptors (Lipinski definition) is 3. The van der Waals surface area contributed by atoms with Gasteiger partial charge in [-0.05, 0) is 18.9 Å². The minimum absolute atomic E-state index is 0.174. The summed E-state index contributed by atoms with van der Waals surface area (Å²) in [6.45, 7) is 1.59. The van der Waals surface area contributed by atoms with E-state index in [0.29, 0.717) is 12.3 Å². The second-order valence-electron chi connectivity index (χ2n) is 6.04. The van der Waals surface area contributed by atoms with Crippen LogP contribution in [0.15, 0.2) is 36.7 Å². The molecule has 0 N–H and O–H groups in total. The number of imidazole rings is 1. The molecule has 0 atom stereocenters. The largest absolute Gasteiger partial charge is 0.496 e. The first-order valence-electron chi connectivity index (χ1n) is 8.06. The zero-order valence-electron chi connectivity index (χ0n) is 13.7. The minimum atomic E-state index is 0.174. The zero-order valence-corrected chi connectivity index (χ0v) is 13.7. The Kier molecular flexibility index (Phi) is 4.65. The number of likely N-dealkylation sites (tertiary alicyclic amines) is 1. The molecule has 2 heterocycles. The highest BCUT2D eigenvalue weighted by atomic mass is 16.5. The lowest BCUT2D eigenvalue weighted by atomic mass is 9.95. The van der Waals surface area contributed by atoms with Crippen LogP contribution in [0.1, 0.15) is 30.1 Å². The third-order valence-electron chi connectivity index (χ3n) is 4.61. The van der Waals surface area contributed by atoms with Gasteiger partial charge in [0.15, 0.2) is 0 Å². The van der Waals surface area contributed by atoms with Crippen LogP contribution in [-0.2, 0) is 18.3 Å². The predicted molar refractivity (Wildman–Crippen MR) is 88.5 cm³/mol. The number of hydrogen-bond donors (Lipinski definition) is 0. The summed E-state index contributed by atoms with van der Waals surface area (Å²) in [6, 6.07) is 7.72. The van der Waals surface area contributed by atoms with E-state index < -0.39 is 0 Å².